The molecule has 0 fully saturated rings. The van der Waals surface area contributed by atoms with Gasteiger partial charge in [-0.15, -0.1) is 0 Å². The number of rotatable bonds is 5. The average Bonchev–Trinajstić information content (AvgIpc) is 3.17. The first-order valence-corrected chi connectivity index (χ1v) is 8.29. The highest BCUT2D eigenvalue weighted by atomic mass is 16.7. The van der Waals surface area contributed by atoms with Gasteiger partial charge in [-0.3, -0.25) is 4.79 Å². The van der Waals surface area contributed by atoms with Gasteiger partial charge in [-0.25, -0.2) is 4.98 Å². The molecule has 2 heterocycles. The molecular weight excluding hydrogens is 346 g/mol. The van der Waals surface area contributed by atoms with Gasteiger partial charge in [0.2, 0.25) is 6.79 Å². The van der Waals surface area contributed by atoms with E-state index >= 15 is 0 Å². The number of hydrogen-bond donors (Lipinski definition) is 2. The summed E-state index contributed by atoms with van der Waals surface area (Å²) in [5, 5.41) is 5.99. The Morgan fingerprint density at radius 2 is 1.78 bits per heavy atom. The molecule has 136 valence electrons. The maximum atomic E-state index is 12.3. The van der Waals surface area contributed by atoms with Crippen molar-refractivity contribution in [1.29, 1.82) is 0 Å². The average molecular weight is 363 g/mol. The van der Waals surface area contributed by atoms with Crippen molar-refractivity contribution in [2.24, 2.45) is 0 Å². The molecule has 0 spiro atoms. The molecule has 2 aromatic carbocycles. The van der Waals surface area contributed by atoms with E-state index < -0.39 is 0 Å². The van der Waals surface area contributed by atoms with E-state index in [0.29, 0.717) is 22.8 Å². The molecule has 2 N–H and O–H groups in total. The van der Waals surface area contributed by atoms with Crippen LogP contribution in [-0.4, -0.2) is 24.8 Å². The second-order valence-electron chi connectivity index (χ2n) is 5.81. The van der Waals surface area contributed by atoms with Crippen LogP contribution < -0.4 is 24.8 Å². The zero-order chi connectivity index (χ0) is 18.6. The Hall–Kier alpha value is -3.74. The van der Waals surface area contributed by atoms with Gasteiger partial charge in [-0.2, -0.15) is 0 Å². The van der Waals surface area contributed by atoms with Crippen LogP contribution in [0.15, 0.2) is 60.8 Å². The predicted octanol–water partition coefficient (Wildman–Crippen LogP) is 3.81. The lowest BCUT2D eigenvalue weighted by atomic mass is 10.2. The van der Waals surface area contributed by atoms with Gasteiger partial charge < -0.3 is 24.8 Å². The fraction of sp³-hybridized carbons (Fsp3) is 0.100. The van der Waals surface area contributed by atoms with Crippen LogP contribution in [0.4, 0.5) is 17.2 Å². The van der Waals surface area contributed by atoms with Crippen molar-refractivity contribution in [3.63, 3.8) is 0 Å². The fourth-order valence-electron chi connectivity index (χ4n) is 2.60. The topological polar surface area (TPSA) is 81.7 Å². The Labute approximate surface area is 155 Å². The number of nitrogens with zero attached hydrogens (tertiary/aromatic N) is 1. The number of carbonyl (C=O) groups is 1. The second kappa shape index (κ2) is 7.25. The van der Waals surface area contributed by atoms with Crippen LogP contribution in [0.1, 0.15) is 10.4 Å². The number of carbonyl (C=O) groups excluding carboxylic acids is 1. The third-order valence-electron chi connectivity index (χ3n) is 4.02. The summed E-state index contributed by atoms with van der Waals surface area (Å²) >= 11 is 0. The number of aromatic nitrogens is 1. The first-order valence-electron chi connectivity index (χ1n) is 8.29. The molecule has 7 heteroatoms. The van der Waals surface area contributed by atoms with E-state index in [1.54, 1.807) is 43.5 Å². The quantitative estimate of drug-likeness (QED) is 0.717. The molecular formula is C20H17N3O4. The van der Waals surface area contributed by atoms with E-state index in [2.05, 4.69) is 15.6 Å². The normalized spacial score (nSPS) is 11.7. The minimum absolute atomic E-state index is 0.231. The van der Waals surface area contributed by atoms with Crippen LogP contribution >= 0.6 is 0 Å². The third-order valence-corrected chi connectivity index (χ3v) is 4.02. The summed E-state index contributed by atoms with van der Waals surface area (Å²) in [6.07, 6.45) is 1.52. The number of anilines is 3. The second-order valence-corrected chi connectivity index (χ2v) is 5.81. The monoisotopic (exact) mass is 363 g/mol. The number of fused-ring (bicyclic) bond motifs is 1. The summed E-state index contributed by atoms with van der Waals surface area (Å²) in [6.45, 7) is 0.231. The van der Waals surface area contributed by atoms with Gasteiger partial charge in [-0.1, -0.05) is 0 Å². The first kappa shape index (κ1) is 16.7. The fourth-order valence-corrected chi connectivity index (χ4v) is 2.60. The van der Waals surface area contributed by atoms with Crippen molar-refractivity contribution in [3.8, 4) is 17.2 Å². The molecule has 0 radical (unpaired) electrons. The maximum absolute atomic E-state index is 12.3. The van der Waals surface area contributed by atoms with Gasteiger partial charge in [0.1, 0.15) is 11.6 Å². The summed E-state index contributed by atoms with van der Waals surface area (Å²) in [7, 11) is 1.60. The van der Waals surface area contributed by atoms with E-state index in [1.807, 2.05) is 18.2 Å². The lowest BCUT2D eigenvalue weighted by Gasteiger charge is -2.08. The van der Waals surface area contributed by atoms with Crippen LogP contribution in [0.5, 0.6) is 17.2 Å². The Balaban J connectivity index is 1.41. The first-order chi connectivity index (χ1) is 13.2. The standard InChI is InChI=1S/C20H17N3O4/c1-25-16-6-3-14(4-7-16)23-20(24)13-2-9-19(21-11-13)22-15-5-8-17-18(10-15)27-12-26-17/h2-11H,12H2,1H3,(H,21,22)(H,23,24). The number of benzene rings is 2. The Morgan fingerprint density at radius 3 is 2.52 bits per heavy atom. The molecule has 3 aromatic rings. The molecule has 7 nitrogen and oxygen atoms in total. The van der Waals surface area contributed by atoms with Crippen molar-refractivity contribution in [1.82, 2.24) is 4.98 Å². The van der Waals surface area contributed by atoms with Crippen LogP contribution in [0.3, 0.4) is 0 Å². The van der Waals surface area contributed by atoms with Gasteiger partial charge in [0.05, 0.1) is 12.7 Å². The van der Waals surface area contributed by atoms with Crippen molar-refractivity contribution in [2.45, 2.75) is 0 Å². The van der Waals surface area contributed by atoms with E-state index in [9.17, 15) is 4.79 Å². The number of ether oxygens (including phenoxy) is 3. The molecule has 0 saturated carbocycles. The van der Waals surface area contributed by atoms with Crippen molar-refractivity contribution in [3.05, 3.63) is 66.4 Å². The van der Waals surface area contributed by atoms with E-state index in [4.69, 9.17) is 14.2 Å². The lowest BCUT2D eigenvalue weighted by Crippen LogP contribution is -2.12. The molecule has 1 aromatic heterocycles. The lowest BCUT2D eigenvalue weighted by molar-refractivity contribution is 0.102. The molecule has 1 aliphatic heterocycles. The summed E-state index contributed by atoms with van der Waals surface area (Å²) in [4.78, 5) is 16.6. The Kier molecular flexibility index (Phi) is 4.49. The SMILES string of the molecule is COc1ccc(NC(=O)c2ccc(Nc3ccc4c(c3)OCO4)nc2)cc1. The minimum atomic E-state index is -0.234. The molecule has 1 amide bonds. The van der Waals surface area contributed by atoms with Crippen molar-refractivity contribution < 1.29 is 19.0 Å². The molecule has 27 heavy (non-hydrogen) atoms. The highest BCUT2D eigenvalue weighted by Crippen LogP contribution is 2.34. The van der Waals surface area contributed by atoms with Gasteiger partial charge in [-0.05, 0) is 48.5 Å². The predicted molar refractivity (Wildman–Crippen MR) is 101 cm³/mol. The summed E-state index contributed by atoms with van der Waals surface area (Å²) < 4.78 is 15.7. The summed E-state index contributed by atoms with van der Waals surface area (Å²) in [5.74, 6) is 2.53. The number of nitrogens with one attached hydrogen (secondary N) is 2. The van der Waals surface area contributed by atoms with E-state index in [0.717, 1.165) is 17.2 Å². The number of methoxy groups -OCH3 is 1. The van der Waals surface area contributed by atoms with Gasteiger partial charge >= 0.3 is 0 Å². The maximum Gasteiger partial charge on any atom is 0.257 e. The molecule has 0 atom stereocenters. The smallest absolute Gasteiger partial charge is 0.257 e. The summed E-state index contributed by atoms with van der Waals surface area (Å²) in [6, 6.07) is 16.1. The Morgan fingerprint density at radius 1 is 1.00 bits per heavy atom. The zero-order valence-corrected chi connectivity index (χ0v) is 14.6. The molecule has 0 saturated heterocycles. The van der Waals surface area contributed by atoms with Crippen molar-refractivity contribution >= 4 is 23.1 Å². The Bertz CT molecular complexity index is 956. The van der Waals surface area contributed by atoms with Crippen LogP contribution in [0.2, 0.25) is 0 Å². The van der Waals surface area contributed by atoms with Crippen LogP contribution in [-0.2, 0) is 0 Å². The van der Waals surface area contributed by atoms with Crippen LogP contribution in [0.25, 0.3) is 0 Å². The third kappa shape index (κ3) is 3.77. The molecule has 4 rings (SSSR count). The number of hydrogen-bond acceptors (Lipinski definition) is 6. The van der Waals surface area contributed by atoms with Crippen molar-refractivity contribution in [2.75, 3.05) is 24.5 Å². The van der Waals surface area contributed by atoms with Crippen LogP contribution in [0, 0.1) is 0 Å². The van der Waals surface area contributed by atoms with Gasteiger partial charge in [0, 0.05) is 23.6 Å². The zero-order valence-electron chi connectivity index (χ0n) is 14.6. The van der Waals surface area contributed by atoms with E-state index in [-0.39, 0.29) is 12.7 Å². The molecule has 0 bridgehead atoms. The number of amides is 1. The highest BCUT2D eigenvalue weighted by Gasteiger charge is 2.13. The minimum Gasteiger partial charge on any atom is -0.497 e. The van der Waals surface area contributed by atoms with Gasteiger partial charge in [0.15, 0.2) is 11.5 Å². The molecule has 1 aliphatic rings. The van der Waals surface area contributed by atoms with Gasteiger partial charge in [0.25, 0.3) is 5.91 Å². The molecule has 0 aliphatic carbocycles. The number of pyridine rings is 1. The molecule has 0 unspecified atom stereocenters. The highest BCUT2D eigenvalue weighted by molar-refractivity contribution is 6.04. The summed E-state index contributed by atoms with van der Waals surface area (Å²) in [5.41, 5.74) is 1.97. The largest absolute Gasteiger partial charge is 0.497 e. The van der Waals surface area contributed by atoms with E-state index in [1.165, 1.54) is 6.20 Å².